The first-order valence-electron chi connectivity index (χ1n) is 10.7. The van der Waals surface area contributed by atoms with Crippen LogP contribution in [0.1, 0.15) is 39.0 Å². The van der Waals surface area contributed by atoms with E-state index >= 15 is 0 Å². The Hall–Kier alpha value is -3.43. The topological polar surface area (TPSA) is 94.9 Å². The van der Waals surface area contributed by atoms with E-state index in [1.807, 2.05) is 49.6 Å². The number of rotatable bonds is 9. The predicted octanol–water partition coefficient (Wildman–Crippen LogP) is 3.78. The lowest BCUT2D eigenvalue weighted by Gasteiger charge is -2.12. The van der Waals surface area contributed by atoms with Gasteiger partial charge in [0, 0.05) is 36.7 Å². The number of Topliss-reactive ketones (excluding diaryl/α,β-unsaturated/α-hetero) is 1. The summed E-state index contributed by atoms with van der Waals surface area (Å²) in [5, 5.41) is 0. The molecule has 0 aliphatic carbocycles. The zero-order valence-electron chi connectivity index (χ0n) is 19.9. The maximum Gasteiger partial charge on any atom is 0.338 e. The Labute approximate surface area is 199 Å². The Bertz CT molecular complexity index is 1310. The molecule has 3 aromatic rings. The molecule has 0 aliphatic heterocycles. The first-order chi connectivity index (χ1) is 16.1. The lowest BCUT2D eigenvalue weighted by molar-refractivity contribution is 0.0474. The standard InChI is InChI=1S/C25H28N2O6S/c1-6-32-21-12-10-20(11-13-21)27-17(2)14-23(18(27)3)24(28)16-33-25(29)19-8-7-9-22(15-19)34(30,31)26(4)5/h7-15H,6,16H2,1-5H3. The van der Waals surface area contributed by atoms with Gasteiger partial charge in [-0.1, -0.05) is 6.07 Å². The van der Waals surface area contributed by atoms with Gasteiger partial charge in [0.2, 0.25) is 15.8 Å². The minimum atomic E-state index is -3.70. The maximum absolute atomic E-state index is 12.8. The Morgan fingerprint density at radius 3 is 2.29 bits per heavy atom. The highest BCUT2D eigenvalue weighted by atomic mass is 32.2. The number of ether oxygens (including phenoxy) is 2. The first-order valence-corrected chi connectivity index (χ1v) is 12.1. The predicted molar refractivity (Wildman–Crippen MR) is 128 cm³/mol. The van der Waals surface area contributed by atoms with Crippen LogP contribution < -0.4 is 4.74 Å². The molecule has 0 spiro atoms. The smallest absolute Gasteiger partial charge is 0.338 e. The monoisotopic (exact) mass is 484 g/mol. The molecule has 0 fully saturated rings. The van der Waals surface area contributed by atoms with Crippen molar-refractivity contribution in [1.29, 1.82) is 0 Å². The van der Waals surface area contributed by atoms with Crippen molar-refractivity contribution in [3.05, 3.63) is 77.1 Å². The van der Waals surface area contributed by atoms with Crippen molar-refractivity contribution in [1.82, 2.24) is 8.87 Å². The van der Waals surface area contributed by atoms with Crippen LogP contribution in [0.15, 0.2) is 59.5 Å². The molecule has 3 rings (SSSR count). The van der Waals surface area contributed by atoms with E-state index in [1.165, 1.54) is 38.4 Å². The van der Waals surface area contributed by atoms with Gasteiger partial charge in [0.1, 0.15) is 5.75 Å². The second-order valence-electron chi connectivity index (χ2n) is 7.86. The summed E-state index contributed by atoms with van der Waals surface area (Å²) in [4.78, 5) is 25.3. The summed E-state index contributed by atoms with van der Waals surface area (Å²) in [6, 6.07) is 14.8. The number of benzene rings is 2. The molecule has 0 aliphatic rings. The van der Waals surface area contributed by atoms with E-state index < -0.39 is 22.6 Å². The van der Waals surface area contributed by atoms with E-state index in [0.717, 1.165) is 27.1 Å². The second kappa shape index (κ2) is 10.2. The van der Waals surface area contributed by atoms with E-state index in [0.29, 0.717) is 12.2 Å². The Morgan fingerprint density at radius 2 is 1.68 bits per heavy atom. The van der Waals surface area contributed by atoms with E-state index in [1.54, 1.807) is 6.07 Å². The Balaban J connectivity index is 1.75. The van der Waals surface area contributed by atoms with Crippen LogP contribution in [0.3, 0.4) is 0 Å². The fourth-order valence-corrected chi connectivity index (χ4v) is 4.54. The zero-order valence-corrected chi connectivity index (χ0v) is 20.7. The lowest BCUT2D eigenvalue weighted by Crippen LogP contribution is -2.22. The Morgan fingerprint density at radius 1 is 1.00 bits per heavy atom. The van der Waals surface area contributed by atoms with Crippen molar-refractivity contribution in [3.63, 3.8) is 0 Å². The Kier molecular flexibility index (Phi) is 7.58. The third-order valence-corrected chi connectivity index (χ3v) is 7.13. The van der Waals surface area contributed by atoms with Crippen LogP contribution in [0.25, 0.3) is 5.69 Å². The molecule has 0 amide bonds. The van der Waals surface area contributed by atoms with E-state index in [4.69, 9.17) is 9.47 Å². The fourth-order valence-electron chi connectivity index (χ4n) is 3.59. The van der Waals surface area contributed by atoms with Crippen LogP contribution in [-0.4, -0.2) is 56.4 Å². The van der Waals surface area contributed by atoms with Gasteiger partial charge in [0.05, 0.1) is 17.1 Å². The van der Waals surface area contributed by atoms with Gasteiger partial charge in [0.25, 0.3) is 0 Å². The number of nitrogens with zero attached hydrogens (tertiary/aromatic N) is 2. The minimum absolute atomic E-state index is 0.0304. The molecule has 0 N–H and O–H groups in total. The normalized spacial score (nSPS) is 11.5. The van der Waals surface area contributed by atoms with Crippen LogP contribution in [0.2, 0.25) is 0 Å². The summed E-state index contributed by atoms with van der Waals surface area (Å²) >= 11 is 0. The third kappa shape index (κ3) is 5.21. The number of carbonyl (C=O) groups excluding carboxylic acids is 2. The highest BCUT2D eigenvalue weighted by Gasteiger charge is 2.21. The molecule has 8 nitrogen and oxygen atoms in total. The van der Waals surface area contributed by atoms with E-state index in [-0.39, 0.29) is 16.2 Å². The van der Waals surface area contributed by atoms with Gasteiger partial charge in [-0.2, -0.15) is 0 Å². The van der Waals surface area contributed by atoms with Crippen molar-refractivity contribution in [2.24, 2.45) is 0 Å². The largest absolute Gasteiger partial charge is 0.494 e. The van der Waals surface area contributed by atoms with Crippen molar-refractivity contribution in [2.75, 3.05) is 27.3 Å². The summed E-state index contributed by atoms with van der Waals surface area (Å²) in [7, 11) is -0.888. The highest BCUT2D eigenvalue weighted by Crippen LogP contribution is 2.23. The summed E-state index contributed by atoms with van der Waals surface area (Å²) in [6.07, 6.45) is 0. The summed E-state index contributed by atoms with van der Waals surface area (Å²) in [6.45, 7) is 5.75. The molecule has 0 unspecified atom stereocenters. The van der Waals surface area contributed by atoms with Crippen LogP contribution in [-0.2, 0) is 14.8 Å². The summed E-state index contributed by atoms with van der Waals surface area (Å²) < 4.78 is 38.3. The molecule has 0 radical (unpaired) electrons. The number of esters is 1. The van der Waals surface area contributed by atoms with Gasteiger partial charge in [-0.3, -0.25) is 4.79 Å². The molecule has 2 aromatic carbocycles. The number of aromatic nitrogens is 1. The second-order valence-corrected chi connectivity index (χ2v) is 10.0. The number of ketones is 1. The van der Waals surface area contributed by atoms with E-state index in [9.17, 15) is 18.0 Å². The van der Waals surface area contributed by atoms with Gasteiger partial charge >= 0.3 is 5.97 Å². The SMILES string of the molecule is CCOc1ccc(-n2c(C)cc(C(=O)COC(=O)c3cccc(S(=O)(=O)N(C)C)c3)c2C)cc1. The quantitative estimate of drug-likeness (QED) is 0.339. The number of hydrogen-bond acceptors (Lipinski definition) is 6. The maximum atomic E-state index is 12.8. The van der Waals surface area contributed by atoms with E-state index in [2.05, 4.69) is 0 Å². The molecule has 9 heteroatoms. The van der Waals surface area contributed by atoms with Crippen LogP contribution in [0, 0.1) is 13.8 Å². The molecule has 0 saturated heterocycles. The van der Waals surface area contributed by atoms with Gasteiger partial charge in [-0.25, -0.2) is 17.5 Å². The van der Waals surface area contributed by atoms with Crippen LogP contribution >= 0.6 is 0 Å². The highest BCUT2D eigenvalue weighted by molar-refractivity contribution is 7.89. The summed E-state index contributed by atoms with van der Waals surface area (Å²) in [5.74, 6) is -0.362. The molecular weight excluding hydrogens is 456 g/mol. The van der Waals surface area contributed by atoms with Crippen molar-refractivity contribution in [2.45, 2.75) is 25.7 Å². The summed E-state index contributed by atoms with van der Waals surface area (Å²) in [5.41, 5.74) is 2.96. The fraction of sp³-hybridized carbons (Fsp3) is 0.280. The zero-order chi connectivity index (χ0) is 25.0. The average Bonchev–Trinajstić information content (AvgIpc) is 3.11. The molecule has 34 heavy (non-hydrogen) atoms. The number of aryl methyl sites for hydroxylation is 1. The van der Waals surface area contributed by atoms with Gasteiger partial charge in [-0.15, -0.1) is 0 Å². The first kappa shape index (κ1) is 25.2. The number of hydrogen-bond donors (Lipinski definition) is 0. The number of sulfonamides is 1. The van der Waals surface area contributed by atoms with Gasteiger partial charge in [-0.05, 0) is 69.3 Å². The minimum Gasteiger partial charge on any atom is -0.494 e. The van der Waals surface area contributed by atoms with Gasteiger partial charge < -0.3 is 14.0 Å². The molecule has 1 heterocycles. The lowest BCUT2D eigenvalue weighted by atomic mass is 10.1. The van der Waals surface area contributed by atoms with Crippen LogP contribution in [0.4, 0.5) is 0 Å². The number of carbonyl (C=O) groups is 2. The molecule has 180 valence electrons. The third-order valence-electron chi connectivity index (χ3n) is 5.32. The molecule has 0 saturated carbocycles. The van der Waals surface area contributed by atoms with Crippen molar-refractivity contribution in [3.8, 4) is 11.4 Å². The van der Waals surface area contributed by atoms with Gasteiger partial charge in [0.15, 0.2) is 6.61 Å². The van der Waals surface area contributed by atoms with Crippen LogP contribution in [0.5, 0.6) is 5.75 Å². The van der Waals surface area contributed by atoms with Crippen molar-refractivity contribution < 1.29 is 27.5 Å². The molecule has 0 bridgehead atoms. The molecular formula is C25H28N2O6S. The molecule has 1 aromatic heterocycles. The average molecular weight is 485 g/mol. The van der Waals surface area contributed by atoms with Crippen molar-refractivity contribution >= 4 is 21.8 Å². The molecule has 0 atom stereocenters.